The third-order valence-electron chi connectivity index (χ3n) is 6.55. The molecule has 1 saturated heterocycles. The Morgan fingerprint density at radius 2 is 1.88 bits per heavy atom. The van der Waals surface area contributed by atoms with Crippen LogP contribution >= 0.6 is 23.4 Å². The van der Waals surface area contributed by atoms with E-state index in [0.29, 0.717) is 26.9 Å². The molecule has 180 valence electrons. The van der Waals surface area contributed by atoms with Crippen molar-refractivity contribution in [3.8, 4) is 0 Å². The molecule has 1 N–H and O–H groups in total. The lowest BCUT2D eigenvalue weighted by atomic mass is 9.94. The predicted octanol–water partition coefficient (Wildman–Crippen LogP) is 6.60. The molecular formula is C24H22ClF4N3OS. The van der Waals surface area contributed by atoms with E-state index in [0.717, 1.165) is 18.1 Å². The first kappa shape index (κ1) is 23.5. The molecule has 0 bridgehead atoms. The Morgan fingerprint density at radius 1 is 1.15 bits per heavy atom. The van der Waals surface area contributed by atoms with Gasteiger partial charge in [0.25, 0.3) is 0 Å². The number of benzene rings is 2. The van der Waals surface area contributed by atoms with Crippen LogP contribution in [-0.2, 0) is 5.75 Å². The molecule has 10 heteroatoms. The molecule has 3 aliphatic heterocycles. The first-order valence-corrected chi connectivity index (χ1v) is 12.2. The lowest BCUT2D eigenvalue weighted by molar-refractivity contribution is -0.199. The summed E-state index contributed by atoms with van der Waals surface area (Å²) in [5.74, 6) is 0.0572. The molecule has 34 heavy (non-hydrogen) atoms. The Balaban J connectivity index is 1.71. The molecular weight excluding hydrogens is 490 g/mol. The van der Waals surface area contributed by atoms with E-state index in [-0.39, 0.29) is 31.2 Å². The first-order chi connectivity index (χ1) is 16.2. The standard InChI is InChI=1S/C24H22ClF4N3OS/c1-14(24(27,28)29)30-11-20-21(33)9-4-10-31(20)32(13-30)22-15-5-2-7-18(25)17(15)12-34-23-16(22)6-3-8-19(23)26/h2-8,10,14,22,33H,9,11-13H2,1H3/t14-,22+/m1/s1. The second-order valence-electron chi connectivity index (χ2n) is 8.53. The Labute approximate surface area is 204 Å². The van der Waals surface area contributed by atoms with Crippen LogP contribution in [0.4, 0.5) is 17.6 Å². The van der Waals surface area contributed by atoms with Crippen molar-refractivity contribution in [2.24, 2.45) is 0 Å². The van der Waals surface area contributed by atoms with E-state index < -0.39 is 18.3 Å². The van der Waals surface area contributed by atoms with Crippen LogP contribution in [0.2, 0.25) is 5.02 Å². The van der Waals surface area contributed by atoms with E-state index in [4.69, 9.17) is 11.6 Å². The van der Waals surface area contributed by atoms with Crippen molar-refractivity contribution in [1.29, 1.82) is 0 Å². The summed E-state index contributed by atoms with van der Waals surface area (Å²) in [6.07, 6.45) is -0.696. The summed E-state index contributed by atoms with van der Waals surface area (Å²) in [7, 11) is 0. The highest BCUT2D eigenvalue weighted by Gasteiger charge is 2.46. The number of thioether (sulfide) groups is 1. The van der Waals surface area contributed by atoms with E-state index in [2.05, 4.69) is 0 Å². The van der Waals surface area contributed by atoms with Gasteiger partial charge >= 0.3 is 6.18 Å². The van der Waals surface area contributed by atoms with Crippen molar-refractivity contribution in [1.82, 2.24) is 14.9 Å². The zero-order chi connectivity index (χ0) is 24.2. The number of nitrogens with zero attached hydrogens (tertiary/aromatic N) is 3. The maximum absolute atomic E-state index is 15.0. The smallest absolute Gasteiger partial charge is 0.403 e. The van der Waals surface area contributed by atoms with Crippen LogP contribution in [0.1, 0.15) is 36.1 Å². The Morgan fingerprint density at radius 3 is 2.65 bits per heavy atom. The highest BCUT2D eigenvalue weighted by Crippen LogP contribution is 2.47. The zero-order valence-electron chi connectivity index (χ0n) is 18.2. The van der Waals surface area contributed by atoms with E-state index in [9.17, 15) is 22.7 Å². The topological polar surface area (TPSA) is 30.0 Å². The molecule has 0 saturated carbocycles. The fraction of sp³-hybridized carbons (Fsp3) is 0.333. The second kappa shape index (κ2) is 8.78. The number of allylic oxidation sites excluding steroid dienone is 1. The number of aliphatic hydroxyl groups is 1. The molecule has 3 heterocycles. The summed E-state index contributed by atoms with van der Waals surface area (Å²) in [5, 5.41) is 14.6. The Hall–Kier alpha value is -2.20. The van der Waals surface area contributed by atoms with E-state index >= 15 is 0 Å². The van der Waals surface area contributed by atoms with E-state index in [1.165, 1.54) is 22.7 Å². The van der Waals surface area contributed by atoms with Crippen LogP contribution in [0.3, 0.4) is 0 Å². The van der Waals surface area contributed by atoms with Gasteiger partial charge < -0.3 is 5.11 Å². The monoisotopic (exact) mass is 511 g/mol. The number of hydrazine groups is 1. The minimum atomic E-state index is -4.45. The predicted molar refractivity (Wildman–Crippen MR) is 123 cm³/mol. The fourth-order valence-corrected chi connectivity index (χ4v) is 6.18. The van der Waals surface area contributed by atoms with Crippen LogP contribution in [0.15, 0.2) is 65.0 Å². The molecule has 4 nitrogen and oxygen atoms in total. The second-order valence-corrected chi connectivity index (χ2v) is 9.92. The summed E-state index contributed by atoms with van der Waals surface area (Å²) in [6, 6.07) is 7.87. The maximum atomic E-state index is 15.0. The van der Waals surface area contributed by atoms with Crippen molar-refractivity contribution < 1.29 is 22.7 Å². The summed E-state index contributed by atoms with van der Waals surface area (Å²) in [4.78, 5) is 1.72. The van der Waals surface area contributed by atoms with E-state index in [1.54, 1.807) is 46.6 Å². The van der Waals surface area contributed by atoms with E-state index in [1.807, 2.05) is 6.07 Å². The number of rotatable bonds is 2. The third-order valence-corrected chi connectivity index (χ3v) is 8.05. The van der Waals surface area contributed by atoms with Crippen LogP contribution < -0.4 is 0 Å². The summed E-state index contributed by atoms with van der Waals surface area (Å²) < 4.78 is 56.2. The van der Waals surface area contributed by atoms with Crippen molar-refractivity contribution in [3.63, 3.8) is 0 Å². The van der Waals surface area contributed by atoms with Gasteiger partial charge in [-0.15, -0.1) is 11.8 Å². The summed E-state index contributed by atoms with van der Waals surface area (Å²) in [5.41, 5.74) is 2.63. The molecule has 0 spiro atoms. The molecule has 1 fully saturated rings. The summed E-state index contributed by atoms with van der Waals surface area (Å²) >= 11 is 7.86. The number of aliphatic hydroxyl groups excluding tert-OH is 1. The van der Waals surface area contributed by atoms with Gasteiger partial charge in [0.15, 0.2) is 0 Å². The van der Waals surface area contributed by atoms with Crippen molar-refractivity contribution in [2.75, 3.05) is 13.2 Å². The molecule has 2 atom stereocenters. The third kappa shape index (κ3) is 3.98. The average molecular weight is 512 g/mol. The minimum Gasteiger partial charge on any atom is -0.510 e. The molecule has 0 amide bonds. The van der Waals surface area contributed by atoms with Gasteiger partial charge in [-0.1, -0.05) is 41.9 Å². The largest absolute Gasteiger partial charge is 0.510 e. The highest BCUT2D eigenvalue weighted by atomic mass is 35.5. The molecule has 2 aromatic rings. The molecule has 0 radical (unpaired) electrons. The van der Waals surface area contributed by atoms with Gasteiger partial charge in [-0.2, -0.15) is 18.2 Å². The number of hydrogen-bond donors (Lipinski definition) is 1. The SMILES string of the molecule is C[C@@H](N1CC2=C(O)CC=CN2N([C@H]2c3cccc(Cl)c3CSc3c(F)cccc32)C1)C(F)(F)F. The van der Waals surface area contributed by atoms with Crippen LogP contribution in [0.25, 0.3) is 0 Å². The molecule has 5 rings (SSSR count). The Bertz CT molecular complexity index is 1130. The van der Waals surface area contributed by atoms with Crippen LogP contribution in [0, 0.1) is 5.82 Å². The van der Waals surface area contributed by atoms with Gasteiger partial charge in [0.1, 0.15) is 17.6 Å². The van der Waals surface area contributed by atoms with Crippen molar-refractivity contribution in [3.05, 3.63) is 87.7 Å². The first-order valence-electron chi connectivity index (χ1n) is 10.8. The van der Waals surface area contributed by atoms with Gasteiger partial charge in [-0.3, -0.25) is 9.91 Å². The molecule has 0 aromatic heterocycles. The van der Waals surface area contributed by atoms with Gasteiger partial charge in [0, 0.05) is 34.8 Å². The quantitative estimate of drug-likeness (QED) is 0.459. The lowest BCUT2D eigenvalue weighted by Crippen LogP contribution is -2.59. The van der Waals surface area contributed by atoms with Gasteiger partial charge in [0.2, 0.25) is 0 Å². The normalized spacial score (nSPS) is 22.2. The molecule has 2 aromatic carbocycles. The van der Waals surface area contributed by atoms with Crippen molar-refractivity contribution >= 4 is 23.4 Å². The lowest BCUT2D eigenvalue weighted by Gasteiger charge is -2.50. The molecule has 3 aliphatic rings. The van der Waals surface area contributed by atoms with Gasteiger partial charge in [-0.05, 0) is 35.7 Å². The number of fused-ring (bicyclic) bond motifs is 3. The summed E-state index contributed by atoms with van der Waals surface area (Å²) in [6.45, 7) is 0.970. The van der Waals surface area contributed by atoms with Gasteiger partial charge in [0.05, 0.1) is 18.4 Å². The average Bonchev–Trinajstić information content (AvgIpc) is 2.96. The molecule has 0 aliphatic carbocycles. The highest BCUT2D eigenvalue weighted by molar-refractivity contribution is 7.98. The molecule has 0 unspecified atom stereocenters. The Kier molecular flexibility index (Phi) is 6.08. The number of hydrogen-bond acceptors (Lipinski definition) is 5. The van der Waals surface area contributed by atoms with Crippen LogP contribution in [-0.4, -0.2) is 45.5 Å². The maximum Gasteiger partial charge on any atom is 0.403 e. The number of halogens is 5. The van der Waals surface area contributed by atoms with Crippen LogP contribution in [0.5, 0.6) is 0 Å². The fourth-order valence-electron chi connectivity index (χ4n) is 4.69. The number of alkyl halides is 3. The minimum absolute atomic E-state index is 0.0142. The van der Waals surface area contributed by atoms with Gasteiger partial charge in [-0.25, -0.2) is 4.39 Å². The van der Waals surface area contributed by atoms with Crippen molar-refractivity contribution in [2.45, 2.75) is 42.3 Å². The zero-order valence-corrected chi connectivity index (χ0v) is 19.8.